The lowest BCUT2D eigenvalue weighted by atomic mass is 9.53. The molecule has 0 radical (unpaired) electrons. The highest BCUT2D eigenvalue weighted by Gasteiger charge is 2.51. The first kappa shape index (κ1) is 20.5. The van der Waals surface area contributed by atoms with Gasteiger partial charge in [0.2, 0.25) is 6.79 Å². The largest absolute Gasteiger partial charge is 0.511 e. The molecular formula is C24H35NO4. The topological polar surface area (TPSA) is 56.8 Å². The van der Waals surface area contributed by atoms with Gasteiger partial charge >= 0.3 is 6.16 Å². The van der Waals surface area contributed by atoms with E-state index in [0.717, 1.165) is 43.9 Å². The van der Waals surface area contributed by atoms with Crippen LogP contribution in [0, 0.1) is 5.92 Å². The van der Waals surface area contributed by atoms with Crippen molar-refractivity contribution >= 4 is 6.16 Å². The Labute approximate surface area is 174 Å². The van der Waals surface area contributed by atoms with Crippen molar-refractivity contribution in [1.29, 1.82) is 0 Å². The molecule has 3 aliphatic rings. The average Bonchev–Trinajstić information content (AvgIpc) is 2.74. The molecule has 1 N–H and O–H groups in total. The zero-order valence-corrected chi connectivity index (χ0v) is 17.7. The fourth-order valence-corrected chi connectivity index (χ4v) is 5.86. The molecule has 2 bridgehead atoms. The van der Waals surface area contributed by atoms with Gasteiger partial charge in [0.05, 0.1) is 6.61 Å². The van der Waals surface area contributed by atoms with Crippen molar-refractivity contribution in [2.75, 3.05) is 19.9 Å². The summed E-state index contributed by atoms with van der Waals surface area (Å²) < 4.78 is 15.9. The Morgan fingerprint density at radius 2 is 2.10 bits per heavy atom. The SMILES string of the molecule is CCCCCCOC(=O)OCOc1ccc2c(c1)[C@]13CCCC[C@@H]1[C@H](C2)NCC3. The molecule has 1 saturated carbocycles. The molecule has 0 amide bonds. The first-order chi connectivity index (χ1) is 14.2. The Morgan fingerprint density at radius 3 is 3.00 bits per heavy atom. The van der Waals surface area contributed by atoms with Crippen molar-refractivity contribution in [3.63, 3.8) is 0 Å². The number of hydrogen-bond donors (Lipinski definition) is 1. The minimum Gasteiger partial charge on any atom is -0.457 e. The molecular weight excluding hydrogens is 366 g/mol. The average molecular weight is 402 g/mol. The summed E-state index contributed by atoms with van der Waals surface area (Å²) in [5.41, 5.74) is 3.25. The number of hydrogen-bond acceptors (Lipinski definition) is 5. The molecule has 0 unspecified atom stereocenters. The van der Waals surface area contributed by atoms with Gasteiger partial charge in [0.1, 0.15) is 5.75 Å². The van der Waals surface area contributed by atoms with Crippen molar-refractivity contribution in [3.05, 3.63) is 29.3 Å². The van der Waals surface area contributed by atoms with Crippen molar-refractivity contribution < 1.29 is 19.0 Å². The lowest BCUT2D eigenvalue weighted by Crippen LogP contribution is -2.59. The number of benzene rings is 1. The van der Waals surface area contributed by atoms with Crippen molar-refractivity contribution in [2.24, 2.45) is 5.92 Å². The standard InChI is InChI=1S/C24H35NO4/c1-2-3-4-7-14-27-23(26)29-17-28-19-10-9-18-15-22-20-8-5-6-11-24(20,12-13-25-22)21(18)16-19/h9-10,16,20,22,25H,2-8,11-15,17H2,1H3/t20-,22+,24+/m1/s1. The van der Waals surface area contributed by atoms with E-state index < -0.39 is 6.16 Å². The molecule has 4 rings (SSSR count). The van der Waals surface area contributed by atoms with Crippen LogP contribution in [0.5, 0.6) is 5.75 Å². The van der Waals surface area contributed by atoms with E-state index in [1.165, 1.54) is 49.7 Å². The molecule has 3 atom stereocenters. The van der Waals surface area contributed by atoms with E-state index in [1.54, 1.807) is 0 Å². The van der Waals surface area contributed by atoms with Crippen LogP contribution in [0.4, 0.5) is 4.79 Å². The van der Waals surface area contributed by atoms with Gasteiger partial charge in [-0.15, -0.1) is 0 Å². The van der Waals surface area contributed by atoms with Gasteiger partial charge in [-0.25, -0.2) is 4.79 Å². The maximum absolute atomic E-state index is 11.7. The summed E-state index contributed by atoms with van der Waals surface area (Å²) in [7, 11) is 0. The van der Waals surface area contributed by atoms with Crippen molar-refractivity contribution in [3.8, 4) is 5.75 Å². The number of unbranched alkanes of at least 4 members (excludes halogenated alkanes) is 3. The van der Waals surface area contributed by atoms with Crippen LogP contribution in [-0.4, -0.2) is 32.1 Å². The Bertz CT molecular complexity index is 702. The normalized spacial score (nSPS) is 27.5. The molecule has 1 aromatic carbocycles. The van der Waals surface area contributed by atoms with E-state index in [2.05, 4.69) is 24.4 Å². The number of carbonyl (C=O) groups excluding carboxylic acids is 1. The van der Waals surface area contributed by atoms with E-state index in [4.69, 9.17) is 14.2 Å². The predicted octanol–water partition coefficient (Wildman–Crippen LogP) is 5.10. The van der Waals surface area contributed by atoms with E-state index in [9.17, 15) is 4.79 Å². The van der Waals surface area contributed by atoms with Gasteiger partial charge in [0, 0.05) is 11.5 Å². The van der Waals surface area contributed by atoms with Gasteiger partial charge in [0.15, 0.2) is 0 Å². The number of piperidine rings is 1. The van der Waals surface area contributed by atoms with E-state index >= 15 is 0 Å². The highest BCUT2D eigenvalue weighted by atomic mass is 16.8. The second-order valence-corrected chi connectivity index (χ2v) is 8.91. The van der Waals surface area contributed by atoms with E-state index in [-0.39, 0.29) is 6.79 Å². The number of nitrogens with one attached hydrogen (secondary N) is 1. The molecule has 2 aliphatic carbocycles. The fourth-order valence-electron chi connectivity index (χ4n) is 5.86. The van der Waals surface area contributed by atoms with Crippen molar-refractivity contribution in [1.82, 2.24) is 5.32 Å². The number of ether oxygens (including phenoxy) is 3. The number of fused-ring (bicyclic) bond motifs is 1. The lowest BCUT2D eigenvalue weighted by molar-refractivity contribution is 0.00382. The third kappa shape index (κ3) is 4.40. The van der Waals surface area contributed by atoms with Gasteiger partial charge in [-0.2, -0.15) is 0 Å². The second-order valence-electron chi connectivity index (χ2n) is 8.91. The van der Waals surface area contributed by atoms with Gasteiger partial charge < -0.3 is 19.5 Å². The van der Waals surface area contributed by atoms with Crippen LogP contribution in [0.25, 0.3) is 0 Å². The summed E-state index contributed by atoms with van der Waals surface area (Å²) >= 11 is 0. The third-order valence-corrected chi connectivity index (χ3v) is 7.24. The zero-order chi connectivity index (χ0) is 20.1. The Balaban J connectivity index is 1.34. The maximum atomic E-state index is 11.7. The van der Waals surface area contributed by atoms with Crippen LogP contribution < -0.4 is 10.1 Å². The smallest absolute Gasteiger partial charge is 0.457 e. The van der Waals surface area contributed by atoms with E-state index in [0.29, 0.717) is 18.1 Å². The highest BCUT2D eigenvalue weighted by Crippen LogP contribution is 2.54. The molecule has 1 aliphatic heterocycles. The highest BCUT2D eigenvalue weighted by molar-refractivity contribution is 5.59. The molecule has 2 fully saturated rings. The molecule has 160 valence electrons. The molecule has 1 heterocycles. The summed E-state index contributed by atoms with van der Waals surface area (Å²) in [5, 5.41) is 3.77. The van der Waals surface area contributed by atoms with Crippen LogP contribution in [0.1, 0.15) is 75.8 Å². The fraction of sp³-hybridized carbons (Fsp3) is 0.708. The minimum absolute atomic E-state index is 0.104. The minimum atomic E-state index is -0.647. The summed E-state index contributed by atoms with van der Waals surface area (Å²) in [4.78, 5) is 11.7. The van der Waals surface area contributed by atoms with Gasteiger partial charge in [-0.1, -0.05) is 45.1 Å². The lowest BCUT2D eigenvalue weighted by Gasteiger charge is -2.56. The van der Waals surface area contributed by atoms with Gasteiger partial charge in [-0.3, -0.25) is 0 Å². The molecule has 5 nitrogen and oxygen atoms in total. The first-order valence-electron chi connectivity index (χ1n) is 11.5. The summed E-state index contributed by atoms with van der Waals surface area (Å²) in [6.45, 7) is 3.58. The van der Waals surface area contributed by atoms with Crippen LogP contribution >= 0.6 is 0 Å². The monoisotopic (exact) mass is 401 g/mol. The maximum Gasteiger partial charge on any atom is 0.511 e. The molecule has 1 aromatic rings. The van der Waals surface area contributed by atoms with Gasteiger partial charge in [0.25, 0.3) is 0 Å². The Morgan fingerprint density at radius 1 is 1.17 bits per heavy atom. The Kier molecular flexibility index (Phi) is 6.63. The molecule has 0 spiro atoms. The van der Waals surface area contributed by atoms with Crippen molar-refractivity contribution in [2.45, 2.75) is 82.6 Å². The van der Waals surface area contributed by atoms with Gasteiger partial charge in [-0.05, 0) is 67.8 Å². The second kappa shape index (κ2) is 9.38. The molecule has 29 heavy (non-hydrogen) atoms. The summed E-state index contributed by atoms with van der Waals surface area (Å²) in [5.74, 6) is 1.53. The first-order valence-corrected chi connectivity index (χ1v) is 11.5. The van der Waals surface area contributed by atoms with E-state index in [1.807, 2.05) is 6.07 Å². The number of rotatable bonds is 8. The number of carbonyl (C=O) groups is 1. The predicted molar refractivity (Wildman–Crippen MR) is 112 cm³/mol. The third-order valence-electron chi connectivity index (χ3n) is 7.24. The summed E-state index contributed by atoms with van der Waals surface area (Å²) in [6, 6.07) is 7.06. The summed E-state index contributed by atoms with van der Waals surface area (Å²) in [6.07, 6.45) is 11.3. The molecule has 1 saturated heterocycles. The molecule has 5 heteroatoms. The Hall–Kier alpha value is -1.75. The van der Waals surface area contributed by atoms with Crippen LogP contribution in [-0.2, 0) is 21.3 Å². The zero-order valence-electron chi connectivity index (χ0n) is 17.7. The van der Waals surface area contributed by atoms with Crippen LogP contribution in [0.15, 0.2) is 18.2 Å². The molecule has 0 aromatic heterocycles. The van der Waals surface area contributed by atoms with Crippen LogP contribution in [0.2, 0.25) is 0 Å². The quantitative estimate of drug-likeness (QED) is 0.373. The van der Waals surface area contributed by atoms with Crippen LogP contribution in [0.3, 0.4) is 0 Å².